The van der Waals surface area contributed by atoms with Gasteiger partial charge in [-0.05, 0) is 24.1 Å². The fourth-order valence-corrected chi connectivity index (χ4v) is 2.99. The molecule has 1 aliphatic rings. The van der Waals surface area contributed by atoms with Crippen molar-refractivity contribution in [2.75, 3.05) is 24.6 Å². The molecule has 1 aromatic carbocycles. The largest absolute Gasteiger partial charge is 0.478 e. The summed E-state index contributed by atoms with van der Waals surface area (Å²) in [5.74, 6) is 1.52. The number of rotatable bonds is 3. The van der Waals surface area contributed by atoms with E-state index in [2.05, 4.69) is 4.90 Å². The lowest BCUT2D eigenvalue weighted by Crippen LogP contribution is -2.32. The van der Waals surface area contributed by atoms with E-state index in [1.807, 2.05) is 30.8 Å². The Bertz CT molecular complexity index is 414. The summed E-state index contributed by atoms with van der Waals surface area (Å²) in [4.78, 5) is 13.4. The maximum Gasteiger partial charge on any atom is 0.335 e. The number of carboxylic acids is 1. The Hall–Kier alpha value is -1.00. The lowest BCUT2D eigenvalue weighted by atomic mass is 10.0. The van der Waals surface area contributed by atoms with Crippen LogP contribution in [0.2, 0.25) is 0 Å². The number of benzene rings is 1. The lowest BCUT2D eigenvalue weighted by Gasteiger charge is -2.26. The van der Waals surface area contributed by atoms with Gasteiger partial charge in [-0.25, -0.2) is 4.79 Å². The van der Waals surface area contributed by atoms with Crippen LogP contribution in [0.5, 0.6) is 0 Å². The minimum atomic E-state index is -0.835. The van der Waals surface area contributed by atoms with Crippen molar-refractivity contribution < 1.29 is 9.90 Å². The maximum atomic E-state index is 11.0. The molecule has 0 saturated carbocycles. The van der Waals surface area contributed by atoms with Gasteiger partial charge < -0.3 is 5.11 Å². The van der Waals surface area contributed by atoms with Gasteiger partial charge in [0.25, 0.3) is 0 Å². The fourth-order valence-electron chi connectivity index (χ4n) is 2.02. The van der Waals surface area contributed by atoms with Gasteiger partial charge in [0.05, 0.1) is 5.56 Å². The first-order chi connectivity index (χ1) is 8.16. The molecule has 0 unspecified atom stereocenters. The van der Waals surface area contributed by atoms with Crippen molar-refractivity contribution in [1.29, 1.82) is 0 Å². The molecule has 1 saturated heterocycles. The molecule has 17 heavy (non-hydrogen) atoms. The summed E-state index contributed by atoms with van der Waals surface area (Å²) in [5.41, 5.74) is 2.35. The van der Waals surface area contributed by atoms with Crippen molar-refractivity contribution in [2.45, 2.75) is 13.5 Å². The highest BCUT2D eigenvalue weighted by Gasteiger charge is 2.13. The Labute approximate surface area is 106 Å². The maximum absolute atomic E-state index is 11.0. The quantitative estimate of drug-likeness (QED) is 0.894. The fraction of sp³-hybridized carbons (Fsp3) is 0.462. The summed E-state index contributed by atoms with van der Waals surface area (Å²) in [6.45, 7) is 4.90. The van der Waals surface area contributed by atoms with Crippen LogP contribution in [0.3, 0.4) is 0 Å². The molecule has 0 atom stereocenters. The Morgan fingerprint density at radius 1 is 1.41 bits per heavy atom. The van der Waals surface area contributed by atoms with Crippen LogP contribution in [-0.2, 0) is 6.54 Å². The van der Waals surface area contributed by atoms with Gasteiger partial charge in [-0.15, -0.1) is 0 Å². The van der Waals surface area contributed by atoms with E-state index in [4.69, 9.17) is 5.11 Å². The smallest absolute Gasteiger partial charge is 0.335 e. The first kappa shape index (κ1) is 12.5. The van der Waals surface area contributed by atoms with E-state index in [1.54, 1.807) is 6.07 Å². The van der Waals surface area contributed by atoms with Gasteiger partial charge >= 0.3 is 5.97 Å². The zero-order valence-corrected chi connectivity index (χ0v) is 10.8. The van der Waals surface area contributed by atoms with Crippen LogP contribution in [0.1, 0.15) is 21.5 Å². The van der Waals surface area contributed by atoms with Crippen LogP contribution in [0.15, 0.2) is 18.2 Å². The second kappa shape index (κ2) is 5.56. The standard InChI is InChI=1S/C13H17NO2S/c1-10-2-3-11(8-12(10)13(15)16)9-14-4-6-17-7-5-14/h2-3,8H,4-7,9H2,1H3,(H,15,16). The minimum absolute atomic E-state index is 0.425. The molecular weight excluding hydrogens is 234 g/mol. The molecule has 1 aliphatic heterocycles. The van der Waals surface area contributed by atoms with E-state index >= 15 is 0 Å². The van der Waals surface area contributed by atoms with Crippen molar-refractivity contribution in [1.82, 2.24) is 4.90 Å². The third-order valence-corrected chi connectivity index (χ3v) is 3.98. The van der Waals surface area contributed by atoms with Crippen molar-refractivity contribution in [3.63, 3.8) is 0 Å². The van der Waals surface area contributed by atoms with Gasteiger partial charge in [0.2, 0.25) is 0 Å². The Kier molecular flexibility index (Phi) is 4.07. The zero-order chi connectivity index (χ0) is 12.3. The van der Waals surface area contributed by atoms with Gasteiger partial charge in [0, 0.05) is 31.1 Å². The predicted octanol–water partition coefficient (Wildman–Crippen LogP) is 2.24. The summed E-state index contributed by atoms with van der Waals surface area (Å²) < 4.78 is 0. The Morgan fingerprint density at radius 3 is 2.76 bits per heavy atom. The van der Waals surface area contributed by atoms with Crippen LogP contribution in [0, 0.1) is 6.92 Å². The number of nitrogens with zero attached hydrogens (tertiary/aromatic N) is 1. The molecule has 0 spiro atoms. The highest BCUT2D eigenvalue weighted by molar-refractivity contribution is 7.99. The predicted molar refractivity (Wildman–Crippen MR) is 70.7 cm³/mol. The SMILES string of the molecule is Cc1ccc(CN2CCSCC2)cc1C(=O)O. The molecule has 1 heterocycles. The number of hydrogen-bond donors (Lipinski definition) is 1. The van der Waals surface area contributed by atoms with Crippen LogP contribution in [-0.4, -0.2) is 40.6 Å². The average molecular weight is 251 g/mol. The molecule has 92 valence electrons. The molecule has 3 nitrogen and oxygen atoms in total. The van der Waals surface area contributed by atoms with Crippen molar-refractivity contribution in [3.05, 3.63) is 34.9 Å². The van der Waals surface area contributed by atoms with Gasteiger partial charge in [0.15, 0.2) is 0 Å². The Balaban J connectivity index is 2.10. The lowest BCUT2D eigenvalue weighted by molar-refractivity contribution is 0.0696. The van der Waals surface area contributed by atoms with Crippen LogP contribution < -0.4 is 0 Å². The summed E-state index contributed by atoms with van der Waals surface area (Å²) in [7, 11) is 0. The third-order valence-electron chi connectivity index (χ3n) is 3.04. The van der Waals surface area contributed by atoms with Gasteiger partial charge in [-0.3, -0.25) is 4.90 Å². The van der Waals surface area contributed by atoms with Gasteiger partial charge in [-0.1, -0.05) is 12.1 Å². The number of hydrogen-bond acceptors (Lipinski definition) is 3. The van der Waals surface area contributed by atoms with Crippen LogP contribution in [0.25, 0.3) is 0 Å². The first-order valence-corrected chi connectivity index (χ1v) is 6.95. The van der Waals surface area contributed by atoms with Crippen LogP contribution >= 0.6 is 11.8 Å². The molecule has 1 N–H and O–H groups in total. The van der Waals surface area contributed by atoms with Crippen molar-refractivity contribution in [3.8, 4) is 0 Å². The molecule has 4 heteroatoms. The van der Waals surface area contributed by atoms with E-state index in [0.29, 0.717) is 5.56 Å². The first-order valence-electron chi connectivity index (χ1n) is 5.80. The van der Waals surface area contributed by atoms with E-state index in [-0.39, 0.29) is 0 Å². The molecule has 0 amide bonds. The molecule has 0 aromatic heterocycles. The van der Waals surface area contributed by atoms with E-state index < -0.39 is 5.97 Å². The number of carboxylic acid groups (broad SMARTS) is 1. The molecule has 0 aliphatic carbocycles. The minimum Gasteiger partial charge on any atom is -0.478 e. The summed E-state index contributed by atoms with van der Waals surface area (Å²) in [6.07, 6.45) is 0. The molecule has 2 rings (SSSR count). The molecule has 0 bridgehead atoms. The highest BCUT2D eigenvalue weighted by atomic mass is 32.2. The summed E-state index contributed by atoms with van der Waals surface area (Å²) in [5, 5.41) is 9.08. The topological polar surface area (TPSA) is 40.5 Å². The molecule has 1 fully saturated rings. The van der Waals surface area contributed by atoms with Gasteiger partial charge in [0.1, 0.15) is 0 Å². The van der Waals surface area contributed by atoms with Crippen LogP contribution in [0.4, 0.5) is 0 Å². The Morgan fingerprint density at radius 2 is 2.12 bits per heavy atom. The number of aryl methyl sites for hydroxylation is 1. The number of carbonyl (C=O) groups is 1. The number of thioether (sulfide) groups is 1. The second-order valence-corrected chi connectivity index (χ2v) is 5.57. The summed E-state index contributed by atoms with van der Waals surface area (Å²) >= 11 is 1.98. The van der Waals surface area contributed by atoms with Crippen molar-refractivity contribution in [2.24, 2.45) is 0 Å². The summed E-state index contributed by atoms with van der Waals surface area (Å²) in [6, 6.07) is 5.74. The highest BCUT2D eigenvalue weighted by Crippen LogP contribution is 2.16. The number of aromatic carboxylic acids is 1. The molecule has 0 radical (unpaired) electrons. The van der Waals surface area contributed by atoms with Crippen molar-refractivity contribution >= 4 is 17.7 Å². The third kappa shape index (κ3) is 3.23. The monoisotopic (exact) mass is 251 g/mol. The zero-order valence-electron chi connectivity index (χ0n) is 9.98. The van der Waals surface area contributed by atoms with E-state index in [9.17, 15) is 4.79 Å². The normalized spacial score (nSPS) is 17.0. The average Bonchev–Trinajstić information content (AvgIpc) is 2.32. The molecular formula is C13H17NO2S. The van der Waals surface area contributed by atoms with E-state index in [1.165, 1.54) is 11.5 Å². The van der Waals surface area contributed by atoms with E-state index in [0.717, 1.165) is 30.8 Å². The molecule has 1 aromatic rings. The van der Waals surface area contributed by atoms with Gasteiger partial charge in [-0.2, -0.15) is 11.8 Å². The second-order valence-electron chi connectivity index (χ2n) is 4.34.